The molecule has 4 nitrogen and oxygen atoms in total. The molecule has 0 heterocycles. The zero-order valence-corrected chi connectivity index (χ0v) is 11.2. The van der Waals surface area contributed by atoms with Gasteiger partial charge in [0.15, 0.2) is 17.5 Å². The van der Waals surface area contributed by atoms with Crippen molar-refractivity contribution in [2.75, 3.05) is 5.32 Å². The van der Waals surface area contributed by atoms with Gasteiger partial charge in [-0.15, -0.1) is 0 Å². The Labute approximate surface area is 116 Å². The average Bonchev–Trinajstić information content (AvgIpc) is 2.27. The largest absolute Gasteiger partial charge is 0.325 e. The van der Waals surface area contributed by atoms with Crippen molar-refractivity contribution in [2.24, 2.45) is 11.8 Å². The Kier molecular flexibility index (Phi) is 4.00. The molecule has 19 heavy (non-hydrogen) atoms. The van der Waals surface area contributed by atoms with E-state index in [-0.39, 0.29) is 30.3 Å². The third kappa shape index (κ3) is 3.20. The highest BCUT2D eigenvalue weighted by Crippen LogP contribution is 2.24. The van der Waals surface area contributed by atoms with Crippen LogP contribution >= 0.6 is 11.6 Å². The summed E-state index contributed by atoms with van der Waals surface area (Å²) in [6.07, 6.45) is 0.554. The van der Waals surface area contributed by atoms with Gasteiger partial charge in [-0.25, -0.2) is 0 Å². The molecule has 1 saturated carbocycles. The molecule has 1 aliphatic carbocycles. The van der Waals surface area contributed by atoms with E-state index in [9.17, 15) is 14.4 Å². The number of ketones is 2. The summed E-state index contributed by atoms with van der Waals surface area (Å²) >= 11 is 5.81. The Morgan fingerprint density at radius 2 is 1.89 bits per heavy atom. The second kappa shape index (κ2) is 5.53. The molecule has 0 saturated heterocycles. The second-order valence-corrected chi connectivity index (χ2v) is 5.32. The average molecular weight is 280 g/mol. The number of halogens is 1. The quantitative estimate of drug-likeness (QED) is 0.846. The summed E-state index contributed by atoms with van der Waals surface area (Å²) in [6.45, 7) is 1.83. The number of Topliss-reactive ketones (excluding diaryl/α,β-unsaturated/α-hetero) is 2. The van der Waals surface area contributed by atoms with E-state index in [4.69, 9.17) is 11.6 Å². The van der Waals surface area contributed by atoms with Gasteiger partial charge in [-0.3, -0.25) is 14.4 Å². The maximum atomic E-state index is 12.0. The first-order chi connectivity index (χ1) is 8.97. The zero-order chi connectivity index (χ0) is 14.0. The minimum Gasteiger partial charge on any atom is -0.325 e. The molecule has 1 aromatic carbocycles. The van der Waals surface area contributed by atoms with Crippen molar-refractivity contribution in [3.05, 3.63) is 29.3 Å². The first kappa shape index (κ1) is 13.7. The Hall–Kier alpha value is -1.68. The monoisotopic (exact) mass is 279 g/mol. The van der Waals surface area contributed by atoms with Crippen LogP contribution in [0.5, 0.6) is 0 Å². The van der Waals surface area contributed by atoms with Crippen LogP contribution in [0.1, 0.15) is 19.8 Å². The van der Waals surface area contributed by atoms with Crippen molar-refractivity contribution in [2.45, 2.75) is 19.8 Å². The van der Waals surface area contributed by atoms with Crippen LogP contribution in [0.2, 0.25) is 5.02 Å². The molecule has 0 aliphatic heterocycles. The van der Waals surface area contributed by atoms with Crippen molar-refractivity contribution in [3.63, 3.8) is 0 Å². The molecular formula is C14H14ClNO3. The van der Waals surface area contributed by atoms with Crippen LogP contribution in [0.4, 0.5) is 5.69 Å². The fourth-order valence-corrected chi connectivity index (χ4v) is 2.44. The van der Waals surface area contributed by atoms with Crippen LogP contribution < -0.4 is 5.32 Å². The van der Waals surface area contributed by atoms with Crippen molar-refractivity contribution in [1.82, 2.24) is 0 Å². The fourth-order valence-electron chi connectivity index (χ4n) is 2.25. The molecule has 5 heteroatoms. The first-order valence-corrected chi connectivity index (χ1v) is 6.47. The van der Waals surface area contributed by atoms with E-state index in [1.807, 2.05) is 6.92 Å². The van der Waals surface area contributed by atoms with Crippen LogP contribution in [0.15, 0.2) is 24.3 Å². The van der Waals surface area contributed by atoms with Gasteiger partial charge in [0.25, 0.3) is 0 Å². The highest BCUT2D eigenvalue weighted by atomic mass is 35.5. The molecule has 100 valence electrons. The van der Waals surface area contributed by atoms with Gasteiger partial charge in [0.2, 0.25) is 5.91 Å². The number of rotatable bonds is 2. The summed E-state index contributed by atoms with van der Waals surface area (Å²) in [5.41, 5.74) is 0.483. The molecule has 0 spiro atoms. The Bertz CT molecular complexity index is 523. The normalized spacial score (nSPS) is 23.3. The molecule has 1 N–H and O–H groups in total. The predicted octanol–water partition coefficient (Wildman–Crippen LogP) is 2.46. The lowest BCUT2D eigenvalue weighted by Crippen LogP contribution is -2.40. The van der Waals surface area contributed by atoms with E-state index in [0.717, 1.165) is 0 Å². The molecule has 0 radical (unpaired) electrons. The lowest BCUT2D eigenvalue weighted by Gasteiger charge is -2.23. The number of carbonyl (C=O) groups excluding carboxylic acids is 3. The Morgan fingerprint density at radius 3 is 2.47 bits per heavy atom. The van der Waals surface area contributed by atoms with Crippen LogP contribution in [0, 0.1) is 11.8 Å². The molecule has 1 amide bonds. The van der Waals surface area contributed by atoms with Crippen LogP contribution in [-0.4, -0.2) is 17.5 Å². The highest BCUT2D eigenvalue weighted by Gasteiger charge is 2.38. The minimum atomic E-state index is -1.17. The maximum Gasteiger partial charge on any atom is 0.242 e. The number of hydrogen-bond donors (Lipinski definition) is 1. The molecule has 1 aromatic rings. The topological polar surface area (TPSA) is 63.2 Å². The molecular weight excluding hydrogens is 266 g/mol. The van der Waals surface area contributed by atoms with Crippen molar-refractivity contribution >= 4 is 34.8 Å². The van der Waals surface area contributed by atoms with Crippen LogP contribution in [0.25, 0.3) is 0 Å². The summed E-state index contributed by atoms with van der Waals surface area (Å²) in [6, 6.07) is 6.59. The number of nitrogens with one attached hydrogen (secondary N) is 1. The van der Waals surface area contributed by atoms with Crippen LogP contribution in [-0.2, 0) is 14.4 Å². The van der Waals surface area contributed by atoms with Gasteiger partial charge in [0.05, 0.1) is 0 Å². The molecule has 2 rings (SSSR count). The van der Waals surface area contributed by atoms with Gasteiger partial charge in [0.1, 0.15) is 0 Å². The molecule has 0 unspecified atom stereocenters. The minimum absolute atomic E-state index is 0.0234. The van der Waals surface area contributed by atoms with E-state index >= 15 is 0 Å². The van der Waals surface area contributed by atoms with Crippen LogP contribution in [0.3, 0.4) is 0 Å². The smallest absolute Gasteiger partial charge is 0.242 e. The number of hydrogen-bond acceptors (Lipinski definition) is 3. The third-order valence-electron chi connectivity index (χ3n) is 3.10. The van der Waals surface area contributed by atoms with Crippen molar-refractivity contribution in [1.29, 1.82) is 0 Å². The fraction of sp³-hybridized carbons (Fsp3) is 0.357. The van der Waals surface area contributed by atoms with E-state index in [0.29, 0.717) is 10.7 Å². The number of benzene rings is 1. The highest BCUT2D eigenvalue weighted by molar-refractivity contribution is 6.31. The van der Waals surface area contributed by atoms with Gasteiger partial charge in [0, 0.05) is 23.6 Å². The predicted molar refractivity (Wildman–Crippen MR) is 72.0 cm³/mol. The summed E-state index contributed by atoms with van der Waals surface area (Å²) in [7, 11) is 0. The number of carbonyl (C=O) groups is 3. The molecule has 0 aromatic heterocycles. The summed E-state index contributed by atoms with van der Waals surface area (Å²) < 4.78 is 0. The van der Waals surface area contributed by atoms with E-state index in [1.54, 1.807) is 24.3 Å². The Morgan fingerprint density at radius 1 is 1.26 bits per heavy atom. The molecule has 0 atom stereocenters. The number of amides is 1. The second-order valence-electron chi connectivity index (χ2n) is 4.88. The number of anilines is 1. The van der Waals surface area contributed by atoms with Gasteiger partial charge in [-0.2, -0.15) is 0 Å². The van der Waals surface area contributed by atoms with Gasteiger partial charge >= 0.3 is 0 Å². The lowest BCUT2D eigenvalue weighted by molar-refractivity contribution is -0.142. The summed E-state index contributed by atoms with van der Waals surface area (Å²) in [5.74, 6) is -2.32. The molecule has 0 bridgehead atoms. The van der Waals surface area contributed by atoms with Gasteiger partial charge in [-0.1, -0.05) is 24.6 Å². The Balaban J connectivity index is 2.11. The SMILES string of the molecule is CC1CC(=O)C(C(=O)Nc2cccc(Cl)c2)C(=O)C1. The molecule has 1 fully saturated rings. The van der Waals surface area contributed by atoms with E-state index < -0.39 is 11.8 Å². The van der Waals surface area contributed by atoms with Crippen molar-refractivity contribution < 1.29 is 14.4 Å². The summed E-state index contributed by atoms with van der Waals surface area (Å²) in [4.78, 5) is 35.6. The zero-order valence-electron chi connectivity index (χ0n) is 10.5. The first-order valence-electron chi connectivity index (χ1n) is 6.09. The standard InChI is InChI=1S/C14H14ClNO3/c1-8-5-11(17)13(12(18)6-8)14(19)16-10-4-2-3-9(15)7-10/h2-4,7-8,13H,5-6H2,1H3,(H,16,19). The lowest BCUT2D eigenvalue weighted by atomic mass is 9.80. The van der Waals surface area contributed by atoms with E-state index in [1.165, 1.54) is 0 Å². The van der Waals surface area contributed by atoms with Gasteiger partial charge < -0.3 is 5.32 Å². The van der Waals surface area contributed by atoms with Crippen molar-refractivity contribution in [3.8, 4) is 0 Å². The maximum absolute atomic E-state index is 12.0. The van der Waals surface area contributed by atoms with Gasteiger partial charge in [-0.05, 0) is 24.1 Å². The molecule has 1 aliphatic rings. The summed E-state index contributed by atoms with van der Waals surface area (Å²) in [5, 5.41) is 3.04. The van der Waals surface area contributed by atoms with E-state index in [2.05, 4.69) is 5.32 Å². The third-order valence-corrected chi connectivity index (χ3v) is 3.33.